The van der Waals surface area contributed by atoms with E-state index >= 15 is 0 Å². The van der Waals surface area contributed by atoms with Crippen LogP contribution < -0.4 is 10.2 Å². The second-order valence-electron chi connectivity index (χ2n) is 5.08. The van der Waals surface area contributed by atoms with Crippen LogP contribution in [0.5, 0.6) is 0 Å². The normalized spacial score (nSPS) is 9.13. The summed E-state index contributed by atoms with van der Waals surface area (Å²) >= 11 is 0. The first kappa shape index (κ1) is 21.0. The number of benzene rings is 2. The van der Waals surface area contributed by atoms with Crippen LogP contribution in [-0.4, -0.2) is 11.9 Å². The molecule has 2 rings (SSSR count). The fraction of sp³-hybridized carbons (Fsp3) is 0.222. The van der Waals surface area contributed by atoms with E-state index in [-0.39, 0.29) is 32.3 Å². The summed E-state index contributed by atoms with van der Waals surface area (Å²) in [6.45, 7) is 3.86. The van der Waals surface area contributed by atoms with E-state index < -0.39 is 11.9 Å². The van der Waals surface area contributed by atoms with E-state index in [0.29, 0.717) is 0 Å². The Morgan fingerprint density at radius 3 is 1.39 bits per heavy atom. The molecule has 2 aromatic carbocycles. The number of carboxylic acids is 2. The van der Waals surface area contributed by atoms with Gasteiger partial charge in [-0.05, 0) is 25.0 Å². The van der Waals surface area contributed by atoms with Gasteiger partial charge in [0.15, 0.2) is 0 Å². The van der Waals surface area contributed by atoms with Crippen molar-refractivity contribution in [2.45, 2.75) is 26.7 Å². The van der Waals surface area contributed by atoms with Gasteiger partial charge in [0.2, 0.25) is 0 Å². The zero-order valence-electron chi connectivity index (χ0n) is 13.4. The summed E-state index contributed by atoms with van der Waals surface area (Å²) in [6, 6.07) is 14.8. The summed E-state index contributed by atoms with van der Waals surface area (Å²) in [4.78, 5) is 20.3. The van der Waals surface area contributed by atoms with E-state index in [0.717, 1.165) is 22.3 Å². The number of aliphatic carboxylic acids is 2. The van der Waals surface area contributed by atoms with E-state index in [1.54, 1.807) is 12.1 Å². The second kappa shape index (κ2) is 10.7. The summed E-state index contributed by atoms with van der Waals surface area (Å²) in [5.74, 6) is -2.06. The Labute approximate surface area is 148 Å². The molecule has 0 saturated carbocycles. The number of carbonyl (C=O) groups is 2. The van der Waals surface area contributed by atoms with Crippen LogP contribution in [0.15, 0.2) is 48.5 Å². The van der Waals surface area contributed by atoms with Crippen LogP contribution in [0.3, 0.4) is 0 Å². The molecule has 0 saturated heterocycles. The largest absolute Gasteiger partial charge is 2.00 e. The summed E-state index contributed by atoms with van der Waals surface area (Å²) in [5, 5.41) is 20.3. The van der Waals surface area contributed by atoms with Crippen molar-refractivity contribution in [1.82, 2.24) is 0 Å². The zero-order chi connectivity index (χ0) is 16.5. The van der Waals surface area contributed by atoms with Gasteiger partial charge in [-0.3, -0.25) is 0 Å². The Kier molecular flexibility index (Phi) is 9.76. The minimum atomic E-state index is -1.03. The van der Waals surface area contributed by atoms with Crippen LogP contribution in [0.2, 0.25) is 0 Å². The van der Waals surface area contributed by atoms with Gasteiger partial charge in [-0.25, -0.2) is 0 Å². The van der Waals surface area contributed by atoms with Crippen molar-refractivity contribution in [2.24, 2.45) is 0 Å². The number of carboxylic acid groups (broad SMARTS) is 2. The van der Waals surface area contributed by atoms with Gasteiger partial charge in [0.25, 0.3) is 0 Å². The number of aryl methyl sites for hydroxylation is 2. The molecule has 2 aromatic rings. The van der Waals surface area contributed by atoms with Gasteiger partial charge in [0, 0.05) is 24.8 Å². The maximum Gasteiger partial charge on any atom is 2.00 e. The first-order chi connectivity index (χ1) is 10.4. The molecule has 4 nitrogen and oxygen atoms in total. The predicted octanol–water partition coefficient (Wildman–Crippen LogP) is 0.572. The van der Waals surface area contributed by atoms with Crippen molar-refractivity contribution in [3.8, 4) is 0 Å². The van der Waals surface area contributed by atoms with Gasteiger partial charge in [-0.2, -0.15) is 0 Å². The van der Waals surface area contributed by atoms with Crippen molar-refractivity contribution in [1.29, 1.82) is 0 Å². The molecule has 0 unspecified atom stereocenters. The standard InChI is InChI=1S/2C9H10O2.Zn/c2*1-7-3-2-4-8(5-7)6-9(10)11;/h2*2-5H,6H2,1H3,(H,10,11);/q;;+2/p-2. The van der Waals surface area contributed by atoms with Gasteiger partial charge in [-0.15, -0.1) is 0 Å². The molecule has 5 heteroatoms. The average molecular weight is 364 g/mol. The maximum absolute atomic E-state index is 10.2. The van der Waals surface area contributed by atoms with Crippen LogP contribution in [0, 0.1) is 13.8 Å². The van der Waals surface area contributed by atoms with Gasteiger partial charge < -0.3 is 19.8 Å². The molecule has 0 N–H and O–H groups in total. The van der Waals surface area contributed by atoms with Gasteiger partial charge >= 0.3 is 19.5 Å². The zero-order valence-corrected chi connectivity index (χ0v) is 16.3. The molecule has 0 spiro atoms. The molecule has 0 radical (unpaired) electrons. The molecule has 0 atom stereocenters. The van der Waals surface area contributed by atoms with Crippen LogP contribution in [-0.2, 0) is 41.9 Å². The fourth-order valence-corrected chi connectivity index (χ4v) is 1.98. The van der Waals surface area contributed by atoms with Crippen molar-refractivity contribution in [3.63, 3.8) is 0 Å². The Bertz CT molecular complexity index is 595. The third-order valence-corrected chi connectivity index (χ3v) is 2.86. The van der Waals surface area contributed by atoms with Crippen molar-refractivity contribution in [2.75, 3.05) is 0 Å². The first-order valence-electron chi connectivity index (χ1n) is 6.87. The average Bonchev–Trinajstić information content (AvgIpc) is 2.37. The topological polar surface area (TPSA) is 80.3 Å². The number of hydrogen-bond acceptors (Lipinski definition) is 4. The summed E-state index contributed by atoms with van der Waals surface area (Å²) in [5.41, 5.74) is 3.74. The van der Waals surface area contributed by atoms with Gasteiger partial charge in [0.1, 0.15) is 0 Å². The van der Waals surface area contributed by atoms with Crippen LogP contribution in [0.25, 0.3) is 0 Å². The number of hydrogen-bond donors (Lipinski definition) is 0. The molecule has 0 bridgehead atoms. The fourth-order valence-electron chi connectivity index (χ4n) is 1.98. The third-order valence-electron chi connectivity index (χ3n) is 2.86. The first-order valence-corrected chi connectivity index (χ1v) is 6.87. The predicted molar refractivity (Wildman–Crippen MR) is 79.8 cm³/mol. The maximum atomic E-state index is 10.2. The van der Waals surface area contributed by atoms with E-state index in [1.807, 2.05) is 50.2 Å². The molecule has 0 amide bonds. The quantitative estimate of drug-likeness (QED) is 0.744. The molecule has 0 aliphatic rings. The molecule has 23 heavy (non-hydrogen) atoms. The third kappa shape index (κ3) is 9.59. The Morgan fingerprint density at radius 2 is 1.13 bits per heavy atom. The molecule has 0 aromatic heterocycles. The van der Waals surface area contributed by atoms with Crippen LogP contribution in [0.4, 0.5) is 0 Å². The van der Waals surface area contributed by atoms with Crippen molar-refractivity contribution < 1.29 is 39.3 Å². The minimum Gasteiger partial charge on any atom is -0.550 e. The molecule has 0 aliphatic heterocycles. The molecule has 0 heterocycles. The summed E-state index contributed by atoms with van der Waals surface area (Å²) in [6.07, 6.45) is 0.00333. The van der Waals surface area contributed by atoms with E-state index in [4.69, 9.17) is 0 Å². The molecule has 116 valence electrons. The number of rotatable bonds is 4. The Hall–Kier alpha value is -2.00. The van der Waals surface area contributed by atoms with E-state index in [2.05, 4.69) is 0 Å². The van der Waals surface area contributed by atoms with Crippen molar-refractivity contribution >= 4 is 11.9 Å². The van der Waals surface area contributed by atoms with Gasteiger partial charge in [-0.1, -0.05) is 59.7 Å². The monoisotopic (exact) mass is 362 g/mol. The second-order valence-corrected chi connectivity index (χ2v) is 5.08. The molecular weight excluding hydrogens is 346 g/mol. The Balaban J connectivity index is 0.000000403. The Morgan fingerprint density at radius 1 is 0.783 bits per heavy atom. The molecular formula is C18H18O4Zn. The van der Waals surface area contributed by atoms with Gasteiger partial charge in [0.05, 0.1) is 0 Å². The summed E-state index contributed by atoms with van der Waals surface area (Å²) < 4.78 is 0. The van der Waals surface area contributed by atoms with E-state index in [1.165, 1.54) is 0 Å². The van der Waals surface area contributed by atoms with Crippen LogP contribution in [0.1, 0.15) is 22.3 Å². The van der Waals surface area contributed by atoms with E-state index in [9.17, 15) is 19.8 Å². The molecule has 0 aliphatic carbocycles. The minimum absolute atomic E-state index is 0. The van der Waals surface area contributed by atoms with Crippen LogP contribution >= 0.6 is 0 Å². The SMILES string of the molecule is Cc1cccc(CC(=O)[O-])c1.Cc1cccc(CC(=O)[O-])c1.[Zn+2]. The molecule has 0 fully saturated rings. The van der Waals surface area contributed by atoms with Crippen molar-refractivity contribution in [3.05, 3.63) is 70.8 Å². The summed E-state index contributed by atoms with van der Waals surface area (Å²) in [7, 11) is 0. The smallest absolute Gasteiger partial charge is 0.550 e. The number of carbonyl (C=O) groups excluding carboxylic acids is 2.